The van der Waals surface area contributed by atoms with Gasteiger partial charge in [0.05, 0.1) is 12.5 Å². The van der Waals surface area contributed by atoms with Crippen molar-refractivity contribution in [2.24, 2.45) is 0 Å². The molecule has 1 aromatic carbocycles. The van der Waals surface area contributed by atoms with Gasteiger partial charge < -0.3 is 9.84 Å². The molecule has 0 bridgehead atoms. The first-order valence-electron chi connectivity index (χ1n) is 6.91. The van der Waals surface area contributed by atoms with Crippen LogP contribution in [-0.2, 0) is 20.7 Å². The van der Waals surface area contributed by atoms with E-state index in [1.165, 1.54) is 4.90 Å². The van der Waals surface area contributed by atoms with Crippen molar-refractivity contribution >= 4 is 17.6 Å². The number of aliphatic carboxylic acids is 1. The van der Waals surface area contributed by atoms with Gasteiger partial charge in [-0.15, -0.1) is 0 Å². The molecule has 2 aliphatic rings. The van der Waals surface area contributed by atoms with Crippen LogP contribution in [0.25, 0.3) is 0 Å². The lowest BCUT2D eigenvalue weighted by Gasteiger charge is -2.24. The highest BCUT2D eigenvalue weighted by molar-refractivity contribution is 6.02. The van der Waals surface area contributed by atoms with Crippen molar-refractivity contribution in [2.75, 3.05) is 11.5 Å². The maximum atomic E-state index is 12.5. The molecule has 2 atom stereocenters. The third kappa shape index (κ3) is 2.29. The SMILES string of the molecule is O=C(O)[C@@H]1Cc2ccccc2N1C(=O)CC1CCCO1. The van der Waals surface area contributed by atoms with E-state index in [1.807, 2.05) is 24.3 Å². The zero-order valence-corrected chi connectivity index (χ0v) is 11.1. The van der Waals surface area contributed by atoms with E-state index >= 15 is 0 Å². The maximum absolute atomic E-state index is 12.5. The van der Waals surface area contributed by atoms with E-state index in [9.17, 15) is 14.7 Å². The van der Waals surface area contributed by atoms with Gasteiger partial charge in [0.25, 0.3) is 0 Å². The fraction of sp³-hybridized carbons (Fsp3) is 0.467. The average Bonchev–Trinajstić information content (AvgIpc) is 3.04. The number of ether oxygens (including phenoxy) is 1. The normalized spacial score (nSPS) is 24.7. The highest BCUT2D eigenvalue weighted by atomic mass is 16.5. The van der Waals surface area contributed by atoms with Crippen LogP contribution in [0.2, 0.25) is 0 Å². The first-order chi connectivity index (χ1) is 9.66. The van der Waals surface area contributed by atoms with Crippen LogP contribution < -0.4 is 4.90 Å². The number of carboxylic acids is 1. The van der Waals surface area contributed by atoms with Crippen LogP contribution in [-0.4, -0.2) is 35.7 Å². The minimum atomic E-state index is -0.957. The van der Waals surface area contributed by atoms with Crippen molar-refractivity contribution < 1.29 is 19.4 Å². The molecule has 0 radical (unpaired) electrons. The van der Waals surface area contributed by atoms with Gasteiger partial charge in [0.1, 0.15) is 6.04 Å². The Morgan fingerprint density at radius 1 is 1.35 bits per heavy atom. The van der Waals surface area contributed by atoms with Crippen LogP contribution in [0, 0.1) is 0 Å². The summed E-state index contributed by atoms with van der Waals surface area (Å²) < 4.78 is 5.47. The topological polar surface area (TPSA) is 66.8 Å². The number of rotatable bonds is 3. The van der Waals surface area contributed by atoms with Crippen molar-refractivity contribution in [3.05, 3.63) is 29.8 Å². The Morgan fingerprint density at radius 2 is 2.15 bits per heavy atom. The fourth-order valence-electron chi connectivity index (χ4n) is 2.99. The lowest BCUT2D eigenvalue weighted by atomic mass is 10.1. The van der Waals surface area contributed by atoms with E-state index < -0.39 is 12.0 Å². The fourth-order valence-corrected chi connectivity index (χ4v) is 2.99. The number of nitrogens with zero attached hydrogens (tertiary/aromatic N) is 1. The molecule has 1 amide bonds. The molecule has 0 spiro atoms. The van der Waals surface area contributed by atoms with Gasteiger partial charge in [-0.2, -0.15) is 0 Å². The largest absolute Gasteiger partial charge is 0.480 e. The Labute approximate surface area is 117 Å². The molecule has 20 heavy (non-hydrogen) atoms. The van der Waals surface area contributed by atoms with Crippen LogP contribution in [0.15, 0.2) is 24.3 Å². The highest BCUT2D eigenvalue weighted by Gasteiger charge is 2.38. The molecule has 3 rings (SSSR count). The zero-order chi connectivity index (χ0) is 14.1. The van der Waals surface area contributed by atoms with Gasteiger partial charge in [-0.05, 0) is 24.5 Å². The van der Waals surface area contributed by atoms with Crippen LogP contribution in [0.4, 0.5) is 5.69 Å². The molecule has 0 aromatic heterocycles. The third-order valence-corrected chi connectivity index (χ3v) is 3.96. The predicted octanol–water partition coefficient (Wildman–Crippen LogP) is 1.60. The van der Waals surface area contributed by atoms with Crippen LogP contribution >= 0.6 is 0 Å². The number of hydrogen-bond donors (Lipinski definition) is 1. The molecule has 2 aliphatic heterocycles. The van der Waals surface area contributed by atoms with Gasteiger partial charge in [0.2, 0.25) is 5.91 Å². The number of hydrogen-bond acceptors (Lipinski definition) is 3. The zero-order valence-electron chi connectivity index (χ0n) is 11.1. The summed E-state index contributed by atoms with van der Waals surface area (Å²) in [5.74, 6) is -1.11. The molecule has 0 saturated carbocycles. The Balaban J connectivity index is 1.84. The predicted molar refractivity (Wildman–Crippen MR) is 72.6 cm³/mol. The second-order valence-electron chi connectivity index (χ2n) is 5.29. The minimum absolute atomic E-state index is 0.0651. The van der Waals surface area contributed by atoms with Gasteiger partial charge >= 0.3 is 5.97 Å². The second-order valence-corrected chi connectivity index (χ2v) is 5.29. The van der Waals surface area contributed by atoms with Gasteiger partial charge in [0.15, 0.2) is 0 Å². The van der Waals surface area contributed by atoms with Gasteiger partial charge in [-0.1, -0.05) is 18.2 Å². The number of carboxylic acid groups (broad SMARTS) is 1. The molecule has 1 fully saturated rings. The van der Waals surface area contributed by atoms with Crippen LogP contribution in [0.5, 0.6) is 0 Å². The quantitative estimate of drug-likeness (QED) is 0.909. The molecule has 5 heteroatoms. The van der Waals surface area contributed by atoms with Gasteiger partial charge in [-0.25, -0.2) is 4.79 Å². The van der Waals surface area contributed by atoms with Gasteiger partial charge in [-0.3, -0.25) is 9.69 Å². The van der Waals surface area contributed by atoms with E-state index in [4.69, 9.17) is 4.74 Å². The second kappa shape index (κ2) is 5.25. The molecule has 5 nitrogen and oxygen atoms in total. The standard InChI is InChI=1S/C15H17NO4/c17-14(9-11-5-3-7-20-11)16-12-6-2-1-4-10(12)8-13(16)15(18)19/h1-2,4,6,11,13H,3,5,7-9H2,(H,18,19)/t11?,13-/m0/s1. The highest BCUT2D eigenvalue weighted by Crippen LogP contribution is 2.33. The van der Waals surface area contributed by atoms with E-state index in [2.05, 4.69) is 0 Å². The minimum Gasteiger partial charge on any atom is -0.480 e. The van der Waals surface area contributed by atoms with Crippen LogP contribution in [0.3, 0.4) is 0 Å². The third-order valence-electron chi connectivity index (χ3n) is 3.96. The van der Waals surface area contributed by atoms with E-state index in [1.54, 1.807) is 0 Å². The van der Waals surface area contributed by atoms with Crippen LogP contribution in [0.1, 0.15) is 24.8 Å². The maximum Gasteiger partial charge on any atom is 0.327 e. The number of anilines is 1. The van der Waals surface area contributed by atoms with E-state index in [-0.39, 0.29) is 18.4 Å². The molecule has 106 valence electrons. The summed E-state index contributed by atoms with van der Waals surface area (Å²) >= 11 is 0. The molecule has 0 aliphatic carbocycles. The number of para-hydroxylation sites is 1. The van der Waals surface area contributed by atoms with E-state index in [0.717, 1.165) is 24.1 Å². The summed E-state index contributed by atoms with van der Waals surface area (Å²) in [5.41, 5.74) is 1.64. The summed E-state index contributed by atoms with van der Waals surface area (Å²) in [4.78, 5) is 25.3. The number of carbonyl (C=O) groups excluding carboxylic acids is 1. The number of fused-ring (bicyclic) bond motifs is 1. The van der Waals surface area contributed by atoms with Crippen molar-refractivity contribution in [3.8, 4) is 0 Å². The van der Waals surface area contributed by atoms with Crippen molar-refractivity contribution in [2.45, 2.75) is 37.8 Å². The average molecular weight is 275 g/mol. The Morgan fingerprint density at radius 3 is 2.85 bits per heavy atom. The van der Waals surface area contributed by atoms with Crippen molar-refractivity contribution in [3.63, 3.8) is 0 Å². The Hall–Kier alpha value is -1.88. The molecule has 1 unspecified atom stereocenters. The molecular formula is C15H17NO4. The molecular weight excluding hydrogens is 258 g/mol. The van der Waals surface area contributed by atoms with Gasteiger partial charge in [0, 0.05) is 18.7 Å². The first-order valence-corrected chi connectivity index (χ1v) is 6.91. The summed E-state index contributed by atoms with van der Waals surface area (Å²) in [6.45, 7) is 0.691. The number of benzene rings is 1. The lowest BCUT2D eigenvalue weighted by Crippen LogP contribution is -2.43. The Kier molecular flexibility index (Phi) is 3.44. The molecule has 1 saturated heterocycles. The first kappa shape index (κ1) is 13.1. The summed E-state index contributed by atoms with van der Waals surface area (Å²) in [7, 11) is 0. The summed E-state index contributed by atoms with van der Waals surface area (Å²) in [5, 5.41) is 9.34. The molecule has 1 aromatic rings. The smallest absolute Gasteiger partial charge is 0.327 e. The molecule has 1 N–H and O–H groups in total. The lowest BCUT2D eigenvalue weighted by molar-refractivity contribution is -0.140. The number of amides is 1. The number of carbonyl (C=O) groups is 2. The van der Waals surface area contributed by atoms with Crippen molar-refractivity contribution in [1.82, 2.24) is 0 Å². The summed E-state index contributed by atoms with van der Waals surface area (Å²) in [6, 6.07) is 6.60. The Bertz CT molecular complexity index is 536. The molecule has 2 heterocycles. The monoisotopic (exact) mass is 275 g/mol. The summed E-state index contributed by atoms with van der Waals surface area (Å²) in [6.07, 6.45) is 2.42. The van der Waals surface area contributed by atoms with Crippen molar-refractivity contribution in [1.29, 1.82) is 0 Å². The van der Waals surface area contributed by atoms with E-state index in [0.29, 0.717) is 13.0 Å².